The van der Waals surface area contributed by atoms with Gasteiger partial charge in [-0.05, 0) is 49.4 Å². The van der Waals surface area contributed by atoms with Gasteiger partial charge in [0.15, 0.2) is 11.5 Å². The summed E-state index contributed by atoms with van der Waals surface area (Å²) in [5.41, 5.74) is 3.18. The van der Waals surface area contributed by atoms with Gasteiger partial charge in [-0.1, -0.05) is 49.7 Å². The first kappa shape index (κ1) is 23.6. The van der Waals surface area contributed by atoms with Crippen LogP contribution in [-0.4, -0.2) is 42.5 Å². The van der Waals surface area contributed by atoms with E-state index < -0.39 is 6.04 Å². The first-order valence-corrected chi connectivity index (χ1v) is 11.3. The van der Waals surface area contributed by atoms with Gasteiger partial charge in [0.05, 0.1) is 0 Å². The van der Waals surface area contributed by atoms with Crippen LogP contribution in [0.2, 0.25) is 0 Å². The number of amides is 2. The third-order valence-electron chi connectivity index (χ3n) is 5.56. The summed E-state index contributed by atoms with van der Waals surface area (Å²) in [6.07, 6.45) is 0.882. The molecule has 0 spiro atoms. The van der Waals surface area contributed by atoms with Crippen molar-refractivity contribution in [3.63, 3.8) is 0 Å². The molecule has 6 nitrogen and oxygen atoms in total. The van der Waals surface area contributed by atoms with Crippen molar-refractivity contribution in [3.05, 3.63) is 59.2 Å². The molecule has 172 valence electrons. The van der Waals surface area contributed by atoms with Gasteiger partial charge in [-0.25, -0.2) is 0 Å². The molecule has 6 heteroatoms. The van der Waals surface area contributed by atoms with Crippen molar-refractivity contribution in [1.29, 1.82) is 0 Å². The largest absolute Gasteiger partial charge is 0.486 e. The van der Waals surface area contributed by atoms with Gasteiger partial charge in [0, 0.05) is 19.5 Å². The van der Waals surface area contributed by atoms with Crippen molar-refractivity contribution >= 4 is 11.8 Å². The normalized spacial score (nSPS) is 13.5. The lowest BCUT2D eigenvalue weighted by Gasteiger charge is -2.29. The van der Waals surface area contributed by atoms with Crippen LogP contribution in [0.15, 0.2) is 42.5 Å². The van der Waals surface area contributed by atoms with Crippen LogP contribution in [0.5, 0.6) is 11.5 Å². The molecule has 2 aromatic carbocycles. The number of nitrogens with one attached hydrogen (secondary N) is 1. The van der Waals surface area contributed by atoms with Crippen LogP contribution in [-0.2, 0) is 22.6 Å². The molecule has 1 aliphatic rings. The number of benzene rings is 2. The maximum absolute atomic E-state index is 13.3. The maximum atomic E-state index is 13.3. The van der Waals surface area contributed by atoms with Gasteiger partial charge in [0.2, 0.25) is 11.8 Å². The highest BCUT2D eigenvalue weighted by Crippen LogP contribution is 2.31. The zero-order chi connectivity index (χ0) is 23.1. The first-order valence-electron chi connectivity index (χ1n) is 11.3. The lowest BCUT2D eigenvalue weighted by Crippen LogP contribution is -2.48. The summed E-state index contributed by atoms with van der Waals surface area (Å²) >= 11 is 0. The Morgan fingerprint density at radius 3 is 2.31 bits per heavy atom. The van der Waals surface area contributed by atoms with Gasteiger partial charge in [0.1, 0.15) is 19.3 Å². The Hall–Kier alpha value is -3.02. The molecule has 0 aromatic heterocycles. The number of rotatable bonds is 9. The molecule has 0 saturated carbocycles. The van der Waals surface area contributed by atoms with E-state index in [4.69, 9.17) is 9.47 Å². The van der Waals surface area contributed by atoms with E-state index in [0.29, 0.717) is 45.1 Å². The molecule has 1 heterocycles. The highest BCUT2D eigenvalue weighted by atomic mass is 16.6. The Morgan fingerprint density at radius 2 is 1.62 bits per heavy atom. The van der Waals surface area contributed by atoms with Gasteiger partial charge in [-0.15, -0.1) is 0 Å². The predicted molar refractivity (Wildman–Crippen MR) is 125 cm³/mol. The predicted octanol–water partition coefficient (Wildman–Crippen LogP) is 3.89. The fourth-order valence-electron chi connectivity index (χ4n) is 3.56. The Kier molecular flexibility index (Phi) is 8.14. The number of carbonyl (C=O) groups is 2. The molecule has 0 radical (unpaired) electrons. The topological polar surface area (TPSA) is 67.9 Å². The molecule has 0 saturated heterocycles. The monoisotopic (exact) mass is 438 g/mol. The SMILES string of the molecule is Cc1ccc(CN(C(=O)CCc2ccc3c(c2)OCCO3)[C@H](C)C(=O)NCC(C)C)cc1. The second-order valence-corrected chi connectivity index (χ2v) is 8.80. The fraction of sp³-hybridized carbons (Fsp3) is 0.462. The number of carbonyl (C=O) groups excluding carboxylic acids is 2. The molecule has 0 aliphatic carbocycles. The molecule has 0 unspecified atom stereocenters. The lowest BCUT2D eigenvalue weighted by molar-refractivity contribution is -0.140. The summed E-state index contributed by atoms with van der Waals surface area (Å²) in [4.78, 5) is 27.7. The fourth-order valence-corrected chi connectivity index (χ4v) is 3.56. The minimum atomic E-state index is -0.553. The van der Waals surface area contributed by atoms with Crippen LogP contribution in [0.4, 0.5) is 0 Å². The number of hydrogen-bond donors (Lipinski definition) is 1. The molecule has 1 aliphatic heterocycles. The minimum absolute atomic E-state index is 0.0485. The average Bonchev–Trinajstić information content (AvgIpc) is 2.80. The highest BCUT2D eigenvalue weighted by molar-refractivity contribution is 5.87. The molecule has 32 heavy (non-hydrogen) atoms. The molecule has 2 aromatic rings. The van der Waals surface area contributed by atoms with Crippen LogP contribution in [0.25, 0.3) is 0 Å². The second kappa shape index (κ2) is 11.0. The van der Waals surface area contributed by atoms with E-state index in [-0.39, 0.29) is 11.8 Å². The van der Waals surface area contributed by atoms with Crippen molar-refractivity contribution < 1.29 is 19.1 Å². The summed E-state index contributed by atoms with van der Waals surface area (Å²) in [6, 6.07) is 13.3. The standard InChI is InChI=1S/C26H34N2O4/c1-18(2)16-27-26(30)20(4)28(17-22-7-5-19(3)6-8-22)25(29)12-10-21-9-11-23-24(15-21)32-14-13-31-23/h5-9,11,15,18,20H,10,12-14,16-17H2,1-4H3,(H,27,30)/t20-/m1/s1. The van der Waals surface area contributed by atoms with Crippen molar-refractivity contribution in [2.24, 2.45) is 5.92 Å². The molecule has 3 rings (SSSR count). The van der Waals surface area contributed by atoms with Crippen LogP contribution in [0.1, 0.15) is 43.9 Å². The maximum Gasteiger partial charge on any atom is 0.242 e. The van der Waals surface area contributed by atoms with E-state index in [0.717, 1.165) is 28.2 Å². The van der Waals surface area contributed by atoms with Crippen LogP contribution in [0, 0.1) is 12.8 Å². The number of aryl methyl sites for hydroxylation is 2. The van der Waals surface area contributed by atoms with E-state index in [2.05, 4.69) is 5.32 Å². The van der Waals surface area contributed by atoms with Crippen molar-refractivity contribution in [3.8, 4) is 11.5 Å². The lowest BCUT2D eigenvalue weighted by atomic mass is 10.1. The van der Waals surface area contributed by atoms with Crippen molar-refractivity contribution in [1.82, 2.24) is 10.2 Å². The van der Waals surface area contributed by atoms with Gasteiger partial charge >= 0.3 is 0 Å². The number of fused-ring (bicyclic) bond motifs is 1. The highest BCUT2D eigenvalue weighted by Gasteiger charge is 2.26. The van der Waals surface area contributed by atoms with Crippen molar-refractivity contribution in [2.75, 3.05) is 19.8 Å². The summed E-state index contributed by atoms with van der Waals surface area (Å²) in [5.74, 6) is 1.63. The number of ether oxygens (including phenoxy) is 2. The summed E-state index contributed by atoms with van der Waals surface area (Å²) in [5, 5.41) is 2.96. The molecule has 1 N–H and O–H groups in total. The van der Waals surface area contributed by atoms with Gasteiger partial charge in [0.25, 0.3) is 0 Å². The smallest absolute Gasteiger partial charge is 0.242 e. The summed E-state index contributed by atoms with van der Waals surface area (Å²) < 4.78 is 11.2. The van der Waals surface area contributed by atoms with Crippen molar-refractivity contribution in [2.45, 2.75) is 53.1 Å². The molecular weight excluding hydrogens is 404 g/mol. The van der Waals surface area contributed by atoms with E-state index in [1.165, 1.54) is 0 Å². The summed E-state index contributed by atoms with van der Waals surface area (Å²) in [6.45, 7) is 10.00. The molecule has 0 fully saturated rings. The van der Waals surface area contributed by atoms with Gasteiger partial charge in [-0.3, -0.25) is 9.59 Å². The average molecular weight is 439 g/mol. The van der Waals surface area contributed by atoms with Gasteiger partial charge in [-0.2, -0.15) is 0 Å². The molecule has 1 atom stereocenters. The minimum Gasteiger partial charge on any atom is -0.486 e. The Bertz CT molecular complexity index is 924. The van der Waals surface area contributed by atoms with E-state index in [9.17, 15) is 9.59 Å². The Balaban J connectivity index is 1.70. The Morgan fingerprint density at radius 1 is 0.969 bits per heavy atom. The van der Waals surface area contributed by atoms with E-state index >= 15 is 0 Å². The van der Waals surface area contributed by atoms with Crippen LogP contribution in [0.3, 0.4) is 0 Å². The molecule has 2 amide bonds. The van der Waals surface area contributed by atoms with E-state index in [1.807, 2.05) is 63.2 Å². The zero-order valence-electron chi connectivity index (χ0n) is 19.5. The first-order chi connectivity index (χ1) is 15.3. The van der Waals surface area contributed by atoms with E-state index in [1.54, 1.807) is 11.8 Å². The molecular formula is C26H34N2O4. The third-order valence-corrected chi connectivity index (χ3v) is 5.56. The number of nitrogens with zero attached hydrogens (tertiary/aromatic N) is 1. The Labute approximate surface area is 190 Å². The van der Waals surface area contributed by atoms with Crippen LogP contribution < -0.4 is 14.8 Å². The quantitative estimate of drug-likeness (QED) is 0.645. The third kappa shape index (κ3) is 6.49. The number of hydrogen-bond acceptors (Lipinski definition) is 4. The second-order valence-electron chi connectivity index (χ2n) is 8.80. The zero-order valence-corrected chi connectivity index (χ0v) is 19.5. The van der Waals surface area contributed by atoms with Crippen LogP contribution >= 0.6 is 0 Å². The van der Waals surface area contributed by atoms with Gasteiger partial charge < -0.3 is 19.7 Å². The molecule has 0 bridgehead atoms. The summed E-state index contributed by atoms with van der Waals surface area (Å²) in [7, 11) is 0.